The minimum atomic E-state index is 0.448. The van der Waals surface area contributed by atoms with E-state index in [0.29, 0.717) is 22.2 Å². The highest BCUT2D eigenvalue weighted by molar-refractivity contribution is 14.1. The predicted molar refractivity (Wildman–Crippen MR) is 79.9 cm³/mol. The molecule has 1 heterocycles. The van der Waals surface area contributed by atoms with Gasteiger partial charge in [-0.15, -0.1) is 0 Å². The van der Waals surface area contributed by atoms with Crippen molar-refractivity contribution in [2.24, 2.45) is 0 Å². The van der Waals surface area contributed by atoms with Crippen molar-refractivity contribution < 1.29 is 4.74 Å². The summed E-state index contributed by atoms with van der Waals surface area (Å²) < 4.78 is 6.51. The molecule has 0 spiro atoms. The fourth-order valence-electron chi connectivity index (χ4n) is 1.36. The number of ether oxygens (including phenoxy) is 1. The molecule has 0 unspecified atom stereocenters. The maximum absolute atomic E-state index is 8.85. The van der Waals surface area contributed by atoms with Gasteiger partial charge in [0, 0.05) is 4.88 Å². The Labute approximate surface area is 123 Å². The molecular weight excluding hydrogens is 361 g/mol. The van der Waals surface area contributed by atoms with Gasteiger partial charge in [0.05, 0.1) is 26.6 Å². The molecule has 1 aromatic heterocycles. The zero-order valence-corrected chi connectivity index (χ0v) is 12.8. The average Bonchev–Trinajstić information content (AvgIpc) is 2.63. The second-order valence-corrected chi connectivity index (χ2v) is 6.04. The Balaban J connectivity index is 2.38. The van der Waals surface area contributed by atoms with E-state index in [4.69, 9.17) is 15.7 Å². The van der Waals surface area contributed by atoms with Gasteiger partial charge in [-0.05, 0) is 48.6 Å². The van der Waals surface area contributed by atoms with Gasteiger partial charge in [-0.25, -0.2) is 4.98 Å². The molecule has 0 aliphatic rings. The summed E-state index contributed by atoms with van der Waals surface area (Å²) in [5.74, 6) is 0.559. The lowest BCUT2D eigenvalue weighted by Crippen LogP contribution is -1.96. The molecule has 1 aromatic carbocycles. The molecule has 4 nitrogen and oxygen atoms in total. The van der Waals surface area contributed by atoms with E-state index in [2.05, 4.69) is 33.6 Å². The molecular formula is C12H10IN3OS. The van der Waals surface area contributed by atoms with Crippen LogP contribution in [0.5, 0.6) is 10.9 Å². The monoisotopic (exact) mass is 371 g/mol. The van der Waals surface area contributed by atoms with Crippen LogP contribution in [0.2, 0.25) is 0 Å². The number of anilines is 1. The van der Waals surface area contributed by atoms with E-state index < -0.39 is 0 Å². The quantitative estimate of drug-likeness (QED) is 0.647. The zero-order valence-electron chi connectivity index (χ0n) is 9.82. The summed E-state index contributed by atoms with van der Waals surface area (Å²) in [6, 6.07) is 5.40. The molecule has 92 valence electrons. The molecule has 0 amide bonds. The van der Waals surface area contributed by atoms with Gasteiger partial charge in [0.15, 0.2) is 5.75 Å². The van der Waals surface area contributed by atoms with E-state index in [1.807, 2.05) is 13.8 Å². The standard InChI is InChI=1S/C12H10IN3OS/c1-6-7(2)18-12(16-6)17-11-9(13)3-8(5-14)4-10(11)15/h3-4H,15H2,1-2H3. The number of aryl methyl sites for hydroxylation is 2. The second-order valence-electron chi connectivity index (χ2n) is 3.71. The highest BCUT2D eigenvalue weighted by Crippen LogP contribution is 2.35. The SMILES string of the molecule is Cc1nc(Oc2c(N)cc(C#N)cc2I)sc1C. The Hall–Kier alpha value is -1.33. The van der Waals surface area contributed by atoms with Crippen LogP contribution in [-0.2, 0) is 0 Å². The van der Waals surface area contributed by atoms with Crippen molar-refractivity contribution in [2.45, 2.75) is 13.8 Å². The van der Waals surface area contributed by atoms with Crippen molar-refractivity contribution in [3.63, 3.8) is 0 Å². The summed E-state index contributed by atoms with van der Waals surface area (Å²) >= 11 is 3.58. The number of rotatable bonds is 2. The van der Waals surface area contributed by atoms with Crippen molar-refractivity contribution in [3.05, 3.63) is 31.8 Å². The van der Waals surface area contributed by atoms with Crippen LogP contribution in [0.25, 0.3) is 0 Å². The van der Waals surface area contributed by atoms with E-state index in [-0.39, 0.29) is 0 Å². The van der Waals surface area contributed by atoms with E-state index in [1.165, 1.54) is 11.3 Å². The van der Waals surface area contributed by atoms with E-state index in [1.54, 1.807) is 12.1 Å². The number of halogens is 1. The van der Waals surface area contributed by atoms with Crippen molar-refractivity contribution in [1.29, 1.82) is 5.26 Å². The van der Waals surface area contributed by atoms with Crippen LogP contribution in [0.3, 0.4) is 0 Å². The normalized spacial score (nSPS) is 10.1. The average molecular weight is 371 g/mol. The Morgan fingerprint density at radius 3 is 2.67 bits per heavy atom. The Bertz CT molecular complexity index is 603. The molecule has 0 saturated heterocycles. The number of benzene rings is 1. The molecule has 2 N–H and O–H groups in total. The van der Waals surface area contributed by atoms with Gasteiger partial charge in [0.1, 0.15) is 0 Å². The first-order valence-electron chi connectivity index (χ1n) is 5.12. The third-order valence-corrected chi connectivity index (χ3v) is 4.15. The highest BCUT2D eigenvalue weighted by atomic mass is 127. The summed E-state index contributed by atoms with van der Waals surface area (Å²) in [4.78, 5) is 5.42. The largest absolute Gasteiger partial charge is 0.428 e. The fraction of sp³-hybridized carbons (Fsp3) is 0.167. The Kier molecular flexibility index (Phi) is 3.73. The molecule has 0 radical (unpaired) electrons. The van der Waals surface area contributed by atoms with Crippen LogP contribution in [0, 0.1) is 28.7 Å². The number of nitrogens with zero attached hydrogens (tertiary/aromatic N) is 2. The van der Waals surface area contributed by atoms with Gasteiger partial charge in [-0.2, -0.15) is 5.26 Å². The number of nitriles is 1. The summed E-state index contributed by atoms with van der Waals surface area (Å²) in [5.41, 5.74) is 7.81. The Morgan fingerprint density at radius 1 is 1.44 bits per heavy atom. The van der Waals surface area contributed by atoms with Crippen molar-refractivity contribution in [2.75, 3.05) is 5.73 Å². The number of thiazole rings is 1. The lowest BCUT2D eigenvalue weighted by molar-refractivity contribution is 0.477. The van der Waals surface area contributed by atoms with E-state index in [9.17, 15) is 0 Å². The van der Waals surface area contributed by atoms with Crippen LogP contribution >= 0.6 is 33.9 Å². The molecule has 0 saturated carbocycles. The first kappa shape index (κ1) is 13.1. The van der Waals surface area contributed by atoms with Crippen LogP contribution in [-0.4, -0.2) is 4.98 Å². The zero-order chi connectivity index (χ0) is 13.3. The third kappa shape index (κ3) is 2.57. The topological polar surface area (TPSA) is 71.9 Å². The lowest BCUT2D eigenvalue weighted by atomic mass is 10.2. The summed E-state index contributed by atoms with van der Waals surface area (Å²) in [6.07, 6.45) is 0. The minimum absolute atomic E-state index is 0.448. The third-order valence-electron chi connectivity index (χ3n) is 2.40. The molecule has 0 aliphatic carbocycles. The highest BCUT2D eigenvalue weighted by Gasteiger charge is 2.12. The van der Waals surface area contributed by atoms with Crippen LogP contribution in [0.1, 0.15) is 16.1 Å². The predicted octanol–water partition coefficient (Wildman–Crippen LogP) is 3.61. The van der Waals surface area contributed by atoms with E-state index >= 15 is 0 Å². The number of nitrogens with two attached hydrogens (primary N) is 1. The maximum Gasteiger partial charge on any atom is 0.279 e. The lowest BCUT2D eigenvalue weighted by Gasteiger charge is -2.08. The molecule has 6 heteroatoms. The smallest absolute Gasteiger partial charge is 0.279 e. The molecule has 2 aromatic rings. The molecule has 0 aliphatic heterocycles. The van der Waals surface area contributed by atoms with Gasteiger partial charge in [0.25, 0.3) is 5.19 Å². The summed E-state index contributed by atoms with van der Waals surface area (Å²) in [6.45, 7) is 3.93. The van der Waals surface area contributed by atoms with Crippen molar-refractivity contribution >= 4 is 39.6 Å². The number of hydrogen-bond acceptors (Lipinski definition) is 5. The number of aromatic nitrogens is 1. The summed E-state index contributed by atoms with van der Waals surface area (Å²) in [7, 11) is 0. The van der Waals surface area contributed by atoms with Crippen LogP contribution in [0.4, 0.5) is 5.69 Å². The molecule has 0 atom stereocenters. The molecule has 0 bridgehead atoms. The first-order valence-corrected chi connectivity index (χ1v) is 7.01. The van der Waals surface area contributed by atoms with Crippen molar-refractivity contribution in [1.82, 2.24) is 4.98 Å². The number of nitrogen functional groups attached to an aromatic ring is 1. The van der Waals surface area contributed by atoms with Gasteiger partial charge in [-0.1, -0.05) is 11.3 Å². The Morgan fingerprint density at radius 2 is 2.17 bits per heavy atom. The number of hydrogen-bond donors (Lipinski definition) is 1. The van der Waals surface area contributed by atoms with Gasteiger partial charge in [-0.3, -0.25) is 0 Å². The van der Waals surface area contributed by atoms with Gasteiger partial charge >= 0.3 is 0 Å². The van der Waals surface area contributed by atoms with Crippen LogP contribution < -0.4 is 10.5 Å². The molecule has 0 fully saturated rings. The minimum Gasteiger partial charge on any atom is -0.428 e. The van der Waals surface area contributed by atoms with Gasteiger partial charge < -0.3 is 10.5 Å². The summed E-state index contributed by atoms with van der Waals surface area (Å²) in [5, 5.41) is 9.42. The maximum atomic E-state index is 8.85. The van der Waals surface area contributed by atoms with Gasteiger partial charge in [0.2, 0.25) is 0 Å². The van der Waals surface area contributed by atoms with Crippen molar-refractivity contribution in [3.8, 4) is 17.0 Å². The van der Waals surface area contributed by atoms with E-state index in [0.717, 1.165) is 14.1 Å². The molecule has 18 heavy (non-hydrogen) atoms. The van der Waals surface area contributed by atoms with Crippen LogP contribution in [0.15, 0.2) is 12.1 Å². The molecule has 2 rings (SSSR count). The second kappa shape index (κ2) is 5.12. The fourth-order valence-corrected chi connectivity index (χ4v) is 2.88. The first-order chi connectivity index (χ1) is 8.51.